The van der Waals surface area contributed by atoms with Crippen LogP contribution in [0.2, 0.25) is 5.02 Å². The Balaban J connectivity index is 2.77. The first-order chi connectivity index (χ1) is 8.13. The number of halogens is 2. The lowest BCUT2D eigenvalue weighted by Crippen LogP contribution is -1.93. The molecule has 1 aromatic heterocycles. The van der Waals surface area contributed by atoms with Gasteiger partial charge in [-0.15, -0.1) is 0 Å². The Morgan fingerprint density at radius 2 is 2.18 bits per heavy atom. The summed E-state index contributed by atoms with van der Waals surface area (Å²) in [6.07, 6.45) is 1.42. The van der Waals surface area contributed by atoms with E-state index in [0.717, 1.165) is 0 Å². The van der Waals surface area contributed by atoms with Gasteiger partial charge in [0.15, 0.2) is 0 Å². The number of pyridine rings is 1. The summed E-state index contributed by atoms with van der Waals surface area (Å²) in [5, 5.41) is 9.28. The van der Waals surface area contributed by atoms with E-state index in [0.29, 0.717) is 16.8 Å². The van der Waals surface area contributed by atoms with Crippen molar-refractivity contribution in [1.82, 2.24) is 4.98 Å². The molecule has 0 amide bonds. The average molecular weight is 247 g/mol. The number of hydrogen-bond acceptors (Lipinski definition) is 2. The minimum Gasteiger partial charge on any atom is -0.260 e. The maximum absolute atomic E-state index is 13.8. The van der Waals surface area contributed by atoms with Crippen LogP contribution in [-0.2, 0) is 0 Å². The minimum atomic E-state index is -0.445. The number of aryl methyl sites for hydroxylation is 1. The van der Waals surface area contributed by atoms with Crippen LogP contribution >= 0.6 is 11.6 Å². The zero-order valence-corrected chi connectivity index (χ0v) is 9.79. The Morgan fingerprint density at radius 1 is 1.41 bits per heavy atom. The molecule has 84 valence electrons. The Kier molecular flexibility index (Phi) is 3.08. The van der Waals surface area contributed by atoms with Crippen LogP contribution in [0.15, 0.2) is 30.5 Å². The summed E-state index contributed by atoms with van der Waals surface area (Å²) in [5.74, 6) is -0.445. The first-order valence-electron chi connectivity index (χ1n) is 4.94. The zero-order chi connectivity index (χ0) is 12.4. The maximum Gasteiger partial charge on any atom is 0.132 e. The van der Waals surface area contributed by atoms with E-state index in [1.165, 1.54) is 18.3 Å². The van der Waals surface area contributed by atoms with Crippen molar-refractivity contribution in [3.63, 3.8) is 0 Å². The second kappa shape index (κ2) is 4.52. The number of nitriles is 1. The molecule has 0 bridgehead atoms. The summed E-state index contributed by atoms with van der Waals surface area (Å²) < 4.78 is 13.8. The molecule has 2 rings (SSSR count). The predicted molar refractivity (Wildman–Crippen MR) is 64.1 cm³/mol. The highest BCUT2D eigenvalue weighted by Gasteiger charge is 2.14. The van der Waals surface area contributed by atoms with Crippen LogP contribution in [0, 0.1) is 24.1 Å². The Labute approximate surface area is 103 Å². The van der Waals surface area contributed by atoms with Gasteiger partial charge in [0.1, 0.15) is 11.9 Å². The highest BCUT2D eigenvalue weighted by atomic mass is 35.5. The van der Waals surface area contributed by atoms with E-state index in [2.05, 4.69) is 4.98 Å². The van der Waals surface area contributed by atoms with E-state index < -0.39 is 5.82 Å². The van der Waals surface area contributed by atoms with E-state index in [9.17, 15) is 4.39 Å². The van der Waals surface area contributed by atoms with Crippen LogP contribution < -0.4 is 0 Å². The van der Waals surface area contributed by atoms with Gasteiger partial charge in [-0.3, -0.25) is 4.98 Å². The van der Waals surface area contributed by atoms with Crippen molar-refractivity contribution in [2.24, 2.45) is 0 Å². The molecule has 0 saturated carbocycles. The summed E-state index contributed by atoms with van der Waals surface area (Å²) in [6.45, 7) is 1.78. The fourth-order valence-corrected chi connectivity index (χ4v) is 1.88. The summed E-state index contributed by atoms with van der Waals surface area (Å²) in [7, 11) is 0. The summed E-state index contributed by atoms with van der Waals surface area (Å²) in [5.41, 5.74) is 1.74. The second-order valence-electron chi connectivity index (χ2n) is 3.58. The predicted octanol–water partition coefficient (Wildman–Crippen LogP) is 3.72. The van der Waals surface area contributed by atoms with E-state index in [4.69, 9.17) is 16.9 Å². The molecule has 2 nitrogen and oxygen atoms in total. The highest BCUT2D eigenvalue weighted by molar-refractivity contribution is 6.33. The van der Waals surface area contributed by atoms with E-state index in [1.807, 2.05) is 6.07 Å². The van der Waals surface area contributed by atoms with Gasteiger partial charge in [-0.05, 0) is 25.1 Å². The normalized spacial score (nSPS) is 10.0. The third-order valence-corrected chi connectivity index (χ3v) is 2.71. The molecule has 0 spiro atoms. The third-order valence-electron chi connectivity index (χ3n) is 2.39. The maximum atomic E-state index is 13.8. The molecule has 0 N–H and O–H groups in total. The molecule has 0 atom stereocenters. The summed E-state index contributed by atoms with van der Waals surface area (Å²) in [6, 6.07) is 8.08. The van der Waals surface area contributed by atoms with Gasteiger partial charge in [-0.2, -0.15) is 5.26 Å². The third kappa shape index (κ3) is 2.13. The van der Waals surface area contributed by atoms with Gasteiger partial charge >= 0.3 is 0 Å². The Bertz CT molecular complexity index is 597. The van der Waals surface area contributed by atoms with Crippen molar-refractivity contribution < 1.29 is 4.39 Å². The lowest BCUT2D eigenvalue weighted by Gasteiger charge is -2.08. The molecule has 0 fully saturated rings. The summed E-state index contributed by atoms with van der Waals surface area (Å²) in [4.78, 5) is 4.01. The quantitative estimate of drug-likeness (QED) is 0.769. The lowest BCUT2D eigenvalue weighted by molar-refractivity contribution is 0.631. The van der Waals surface area contributed by atoms with Crippen LogP contribution in [0.4, 0.5) is 4.39 Å². The number of benzene rings is 1. The van der Waals surface area contributed by atoms with Gasteiger partial charge in [0, 0.05) is 23.0 Å². The molecule has 17 heavy (non-hydrogen) atoms. The molecular formula is C13H8ClFN2. The molecule has 0 unspecified atom stereocenters. The van der Waals surface area contributed by atoms with Gasteiger partial charge in [0.2, 0.25) is 0 Å². The number of nitrogens with zero attached hydrogens (tertiary/aromatic N) is 2. The van der Waals surface area contributed by atoms with Crippen LogP contribution in [0.3, 0.4) is 0 Å². The number of hydrogen-bond donors (Lipinski definition) is 0. The monoisotopic (exact) mass is 246 g/mol. The van der Waals surface area contributed by atoms with Crippen molar-refractivity contribution in [3.05, 3.63) is 52.6 Å². The molecule has 1 aromatic carbocycles. The van der Waals surface area contributed by atoms with Gasteiger partial charge in [-0.1, -0.05) is 17.7 Å². The van der Waals surface area contributed by atoms with Crippen molar-refractivity contribution in [1.29, 1.82) is 5.26 Å². The summed E-state index contributed by atoms with van der Waals surface area (Å²) >= 11 is 5.98. The Hall–Kier alpha value is -1.92. The average Bonchev–Trinajstić information content (AvgIpc) is 2.29. The fraction of sp³-hybridized carbons (Fsp3) is 0.0769. The second-order valence-corrected chi connectivity index (χ2v) is 3.99. The molecule has 0 radical (unpaired) electrons. The SMILES string of the molecule is Cc1cc(-c2c(F)cccc2Cl)c(C#N)cn1. The van der Waals surface area contributed by atoms with Crippen molar-refractivity contribution in [3.8, 4) is 17.2 Å². The van der Waals surface area contributed by atoms with E-state index >= 15 is 0 Å². The molecule has 2 aromatic rings. The molecule has 0 aliphatic rings. The number of rotatable bonds is 1. The first kappa shape index (κ1) is 11.6. The van der Waals surface area contributed by atoms with Crippen LogP contribution in [0.25, 0.3) is 11.1 Å². The topological polar surface area (TPSA) is 36.7 Å². The van der Waals surface area contributed by atoms with E-state index in [1.54, 1.807) is 19.1 Å². The molecule has 4 heteroatoms. The van der Waals surface area contributed by atoms with Gasteiger partial charge in [0.25, 0.3) is 0 Å². The molecule has 0 saturated heterocycles. The standard InChI is InChI=1S/C13H8ClFN2/c1-8-5-10(9(6-16)7-17-8)13-11(14)3-2-4-12(13)15/h2-5,7H,1H3. The number of aromatic nitrogens is 1. The molecule has 0 aliphatic heterocycles. The van der Waals surface area contributed by atoms with Crippen molar-refractivity contribution in [2.75, 3.05) is 0 Å². The van der Waals surface area contributed by atoms with Crippen LogP contribution in [-0.4, -0.2) is 4.98 Å². The minimum absolute atomic E-state index is 0.246. The molecular weight excluding hydrogens is 239 g/mol. The highest BCUT2D eigenvalue weighted by Crippen LogP contribution is 2.32. The van der Waals surface area contributed by atoms with E-state index in [-0.39, 0.29) is 10.6 Å². The van der Waals surface area contributed by atoms with Gasteiger partial charge in [-0.25, -0.2) is 4.39 Å². The Morgan fingerprint density at radius 3 is 2.82 bits per heavy atom. The van der Waals surface area contributed by atoms with Crippen molar-refractivity contribution >= 4 is 11.6 Å². The smallest absolute Gasteiger partial charge is 0.132 e. The zero-order valence-electron chi connectivity index (χ0n) is 9.04. The van der Waals surface area contributed by atoms with Crippen LogP contribution in [0.5, 0.6) is 0 Å². The lowest BCUT2D eigenvalue weighted by atomic mass is 10.0. The largest absolute Gasteiger partial charge is 0.260 e. The molecule has 1 heterocycles. The van der Waals surface area contributed by atoms with Gasteiger partial charge in [0.05, 0.1) is 10.6 Å². The van der Waals surface area contributed by atoms with Crippen molar-refractivity contribution in [2.45, 2.75) is 6.92 Å². The van der Waals surface area contributed by atoms with Gasteiger partial charge < -0.3 is 0 Å². The molecule has 0 aliphatic carbocycles. The fourth-order valence-electron chi connectivity index (χ4n) is 1.61. The van der Waals surface area contributed by atoms with Crippen LogP contribution in [0.1, 0.15) is 11.3 Å². The first-order valence-corrected chi connectivity index (χ1v) is 5.32.